The van der Waals surface area contributed by atoms with Crippen molar-refractivity contribution in [2.24, 2.45) is 5.73 Å². The van der Waals surface area contributed by atoms with Crippen LogP contribution in [0.5, 0.6) is 0 Å². The molecule has 3 amide bonds. The van der Waals surface area contributed by atoms with Crippen molar-refractivity contribution >= 4 is 29.7 Å². The maximum atomic E-state index is 12.1. The number of nitrogens with one attached hydrogen (secondary N) is 2. The summed E-state index contributed by atoms with van der Waals surface area (Å²) >= 11 is 0. The van der Waals surface area contributed by atoms with E-state index in [1.165, 1.54) is 4.90 Å². The van der Waals surface area contributed by atoms with Gasteiger partial charge in [-0.3, -0.25) is 19.2 Å². The Kier molecular flexibility index (Phi) is 7.79. The van der Waals surface area contributed by atoms with E-state index in [0.717, 1.165) is 0 Å². The molecule has 1 heterocycles. The summed E-state index contributed by atoms with van der Waals surface area (Å²) in [6, 6.07) is -2.06. The highest BCUT2D eigenvalue weighted by atomic mass is 16.4. The maximum absolute atomic E-state index is 12.1. The third kappa shape index (κ3) is 6.37. The van der Waals surface area contributed by atoms with E-state index in [-0.39, 0.29) is 25.9 Å². The second-order valence-electron chi connectivity index (χ2n) is 5.56. The van der Waals surface area contributed by atoms with E-state index >= 15 is 0 Å². The Labute approximate surface area is 143 Å². The van der Waals surface area contributed by atoms with Gasteiger partial charge in [0.05, 0.1) is 13.1 Å². The third-order valence-electron chi connectivity index (χ3n) is 3.76. The van der Waals surface area contributed by atoms with Crippen molar-refractivity contribution in [2.75, 3.05) is 19.6 Å². The molecule has 11 nitrogen and oxygen atoms in total. The highest BCUT2D eigenvalue weighted by Crippen LogP contribution is 2.17. The van der Waals surface area contributed by atoms with E-state index < -0.39 is 48.3 Å². The molecule has 0 aromatic rings. The van der Waals surface area contributed by atoms with E-state index in [9.17, 15) is 24.0 Å². The molecule has 0 saturated carbocycles. The normalized spacial score (nSPS) is 17.6. The SMILES string of the molecule is NCC(=O)NC(CCC(=O)O)C(=O)NCC(=O)N1CCCC1C(=O)O. The van der Waals surface area contributed by atoms with Crippen LogP contribution in [0.3, 0.4) is 0 Å². The summed E-state index contributed by atoms with van der Waals surface area (Å²) in [6.07, 6.45) is 0.389. The van der Waals surface area contributed by atoms with Gasteiger partial charge in [-0.25, -0.2) is 4.79 Å². The fraction of sp³-hybridized carbons (Fsp3) is 0.643. The number of carbonyl (C=O) groups excluding carboxylic acids is 3. The van der Waals surface area contributed by atoms with Crippen molar-refractivity contribution in [3.8, 4) is 0 Å². The molecule has 2 atom stereocenters. The van der Waals surface area contributed by atoms with Crippen LogP contribution in [0.15, 0.2) is 0 Å². The number of rotatable bonds is 9. The molecule has 0 aromatic heterocycles. The summed E-state index contributed by atoms with van der Waals surface area (Å²) in [4.78, 5) is 58.4. The molecule has 1 aliphatic rings. The van der Waals surface area contributed by atoms with Crippen LogP contribution in [0.4, 0.5) is 0 Å². The number of hydrogen-bond donors (Lipinski definition) is 5. The van der Waals surface area contributed by atoms with Gasteiger partial charge >= 0.3 is 11.9 Å². The number of aliphatic carboxylic acids is 2. The van der Waals surface area contributed by atoms with Gasteiger partial charge in [0, 0.05) is 13.0 Å². The lowest BCUT2D eigenvalue weighted by Crippen LogP contribution is -2.51. The quantitative estimate of drug-likeness (QED) is 0.300. The molecule has 0 bridgehead atoms. The minimum absolute atomic E-state index is 0.164. The highest BCUT2D eigenvalue weighted by Gasteiger charge is 2.34. The number of carboxylic acid groups (broad SMARTS) is 2. The first kappa shape index (κ1) is 20.4. The van der Waals surface area contributed by atoms with Gasteiger partial charge in [-0.15, -0.1) is 0 Å². The van der Waals surface area contributed by atoms with Crippen molar-refractivity contribution in [2.45, 2.75) is 37.8 Å². The standard InChI is InChI=1S/C14H22N4O7/c15-6-10(19)17-8(3-4-12(21)22)13(23)16-7-11(20)18-5-1-2-9(18)14(24)25/h8-9H,1-7,15H2,(H,16,23)(H,17,19)(H,21,22)(H,24,25). The number of amides is 3. The Morgan fingerprint density at radius 1 is 1.20 bits per heavy atom. The van der Waals surface area contributed by atoms with Crippen molar-refractivity contribution in [3.05, 3.63) is 0 Å². The first-order valence-corrected chi connectivity index (χ1v) is 7.77. The average Bonchev–Trinajstić information content (AvgIpc) is 3.05. The fourth-order valence-electron chi connectivity index (χ4n) is 2.50. The molecular formula is C14H22N4O7. The zero-order chi connectivity index (χ0) is 19.0. The summed E-state index contributed by atoms with van der Waals surface area (Å²) in [7, 11) is 0. The van der Waals surface area contributed by atoms with Crippen LogP contribution in [-0.4, -0.2) is 76.5 Å². The summed E-state index contributed by atoms with van der Waals surface area (Å²) in [5, 5.41) is 22.3. The summed E-state index contributed by atoms with van der Waals surface area (Å²) < 4.78 is 0. The van der Waals surface area contributed by atoms with E-state index in [1.54, 1.807) is 0 Å². The van der Waals surface area contributed by atoms with Crippen molar-refractivity contribution in [1.29, 1.82) is 0 Å². The van der Waals surface area contributed by atoms with Gasteiger partial charge in [-0.2, -0.15) is 0 Å². The molecule has 2 unspecified atom stereocenters. The number of nitrogens with zero attached hydrogens (tertiary/aromatic N) is 1. The number of carboxylic acids is 2. The molecule has 0 aliphatic carbocycles. The molecule has 1 rings (SSSR count). The number of likely N-dealkylation sites (tertiary alicyclic amines) is 1. The zero-order valence-corrected chi connectivity index (χ0v) is 13.6. The van der Waals surface area contributed by atoms with Gasteiger partial charge in [0.25, 0.3) is 0 Å². The molecule has 6 N–H and O–H groups in total. The lowest BCUT2D eigenvalue weighted by Gasteiger charge is -2.22. The second kappa shape index (κ2) is 9.57. The molecule has 1 aliphatic heterocycles. The molecule has 11 heteroatoms. The van der Waals surface area contributed by atoms with Crippen molar-refractivity contribution < 1.29 is 34.2 Å². The van der Waals surface area contributed by atoms with E-state index in [1.807, 2.05) is 0 Å². The molecule has 1 fully saturated rings. The first-order valence-electron chi connectivity index (χ1n) is 7.77. The molecular weight excluding hydrogens is 336 g/mol. The van der Waals surface area contributed by atoms with Crippen LogP contribution in [0, 0.1) is 0 Å². The monoisotopic (exact) mass is 358 g/mol. The van der Waals surface area contributed by atoms with Crippen molar-refractivity contribution in [3.63, 3.8) is 0 Å². The molecule has 0 radical (unpaired) electrons. The molecule has 1 saturated heterocycles. The van der Waals surface area contributed by atoms with Crippen molar-refractivity contribution in [1.82, 2.24) is 15.5 Å². The molecule has 140 valence electrons. The van der Waals surface area contributed by atoms with Crippen LogP contribution >= 0.6 is 0 Å². The fourth-order valence-corrected chi connectivity index (χ4v) is 2.50. The van der Waals surface area contributed by atoms with Gasteiger partial charge in [0.15, 0.2) is 0 Å². The third-order valence-corrected chi connectivity index (χ3v) is 3.76. The van der Waals surface area contributed by atoms with E-state index in [4.69, 9.17) is 15.9 Å². The summed E-state index contributed by atoms with van der Waals surface area (Å²) in [5.41, 5.74) is 5.15. The Balaban J connectivity index is 2.60. The first-order chi connectivity index (χ1) is 11.8. The minimum atomic E-state index is -1.14. The Morgan fingerprint density at radius 3 is 2.44 bits per heavy atom. The topological polar surface area (TPSA) is 179 Å². The summed E-state index contributed by atoms with van der Waals surface area (Å²) in [5.74, 6) is -4.17. The number of carbonyl (C=O) groups is 5. The van der Waals surface area contributed by atoms with Gasteiger partial charge in [-0.1, -0.05) is 0 Å². The van der Waals surface area contributed by atoms with Gasteiger partial charge in [0.1, 0.15) is 12.1 Å². The van der Waals surface area contributed by atoms with Crippen LogP contribution in [0.25, 0.3) is 0 Å². The largest absolute Gasteiger partial charge is 0.481 e. The van der Waals surface area contributed by atoms with Crippen LogP contribution in [-0.2, 0) is 24.0 Å². The second-order valence-corrected chi connectivity index (χ2v) is 5.56. The van der Waals surface area contributed by atoms with Crippen LogP contribution < -0.4 is 16.4 Å². The number of hydrogen-bond acceptors (Lipinski definition) is 6. The van der Waals surface area contributed by atoms with E-state index in [0.29, 0.717) is 12.8 Å². The summed E-state index contributed by atoms with van der Waals surface area (Å²) in [6.45, 7) is -0.521. The predicted molar refractivity (Wildman–Crippen MR) is 83.2 cm³/mol. The van der Waals surface area contributed by atoms with Gasteiger partial charge in [-0.05, 0) is 19.3 Å². The van der Waals surface area contributed by atoms with Gasteiger partial charge in [0.2, 0.25) is 17.7 Å². The molecule has 0 spiro atoms. The van der Waals surface area contributed by atoms with Gasteiger partial charge < -0.3 is 31.5 Å². The lowest BCUT2D eigenvalue weighted by atomic mass is 10.1. The molecule has 25 heavy (non-hydrogen) atoms. The average molecular weight is 358 g/mol. The minimum Gasteiger partial charge on any atom is -0.481 e. The Morgan fingerprint density at radius 2 is 1.88 bits per heavy atom. The number of nitrogens with two attached hydrogens (primary N) is 1. The Bertz CT molecular complexity index is 551. The molecule has 0 aromatic carbocycles. The van der Waals surface area contributed by atoms with Crippen LogP contribution in [0.2, 0.25) is 0 Å². The predicted octanol–water partition coefficient (Wildman–Crippen LogP) is -2.51. The maximum Gasteiger partial charge on any atom is 0.326 e. The lowest BCUT2D eigenvalue weighted by molar-refractivity contribution is -0.148. The zero-order valence-electron chi connectivity index (χ0n) is 13.6. The smallest absolute Gasteiger partial charge is 0.326 e. The van der Waals surface area contributed by atoms with Crippen LogP contribution in [0.1, 0.15) is 25.7 Å². The Hall–Kier alpha value is -2.69. The highest BCUT2D eigenvalue weighted by molar-refractivity contribution is 5.92. The van der Waals surface area contributed by atoms with E-state index in [2.05, 4.69) is 10.6 Å².